The van der Waals surface area contributed by atoms with E-state index in [1.165, 1.54) is 12.8 Å². The molecule has 1 aliphatic carbocycles. The lowest BCUT2D eigenvalue weighted by Crippen LogP contribution is -2.45. The van der Waals surface area contributed by atoms with Crippen LogP contribution in [0.4, 0.5) is 0 Å². The van der Waals surface area contributed by atoms with Gasteiger partial charge in [-0.25, -0.2) is 0 Å². The molecule has 1 aliphatic heterocycles. The van der Waals surface area contributed by atoms with Crippen LogP contribution in [0.2, 0.25) is 0 Å². The standard InChI is InChI=1S/C17H26N4O3/c1-2-21-11-13(7-8-15(21)22)16(23)18-10-9-14-19-17(24-20-14)12-5-3-4-6-12/h12-13H,2-11H2,1H3,(H,18,23)/t13-/m1/s1. The number of piperidine rings is 1. The number of nitrogens with zero attached hydrogens (tertiary/aromatic N) is 3. The number of aromatic nitrogens is 2. The zero-order chi connectivity index (χ0) is 16.9. The van der Waals surface area contributed by atoms with Crippen molar-refractivity contribution in [3.05, 3.63) is 11.7 Å². The number of nitrogens with one attached hydrogen (secondary N) is 1. The maximum atomic E-state index is 12.3. The summed E-state index contributed by atoms with van der Waals surface area (Å²) < 4.78 is 5.34. The van der Waals surface area contributed by atoms with Crippen molar-refractivity contribution in [2.24, 2.45) is 5.92 Å². The van der Waals surface area contributed by atoms with E-state index in [1.807, 2.05) is 6.92 Å². The lowest BCUT2D eigenvalue weighted by Gasteiger charge is -2.30. The van der Waals surface area contributed by atoms with E-state index in [0.717, 1.165) is 18.7 Å². The second kappa shape index (κ2) is 7.77. The predicted molar refractivity (Wildman–Crippen MR) is 87.2 cm³/mol. The fraction of sp³-hybridized carbons (Fsp3) is 0.765. The summed E-state index contributed by atoms with van der Waals surface area (Å²) in [6.45, 7) is 3.63. The summed E-state index contributed by atoms with van der Waals surface area (Å²) in [5.74, 6) is 1.88. The van der Waals surface area contributed by atoms with E-state index < -0.39 is 0 Å². The van der Waals surface area contributed by atoms with Crippen LogP contribution in [-0.2, 0) is 16.0 Å². The third kappa shape index (κ3) is 3.94. The molecule has 1 aromatic rings. The zero-order valence-corrected chi connectivity index (χ0v) is 14.3. The molecule has 3 rings (SSSR count). The maximum Gasteiger partial charge on any atom is 0.229 e. The topological polar surface area (TPSA) is 88.3 Å². The van der Waals surface area contributed by atoms with Crippen LogP contribution in [-0.4, -0.2) is 46.5 Å². The average molecular weight is 334 g/mol. The highest BCUT2D eigenvalue weighted by Gasteiger charge is 2.29. The van der Waals surface area contributed by atoms with Crippen LogP contribution in [0.3, 0.4) is 0 Å². The van der Waals surface area contributed by atoms with Crippen LogP contribution in [0.25, 0.3) is 0 Å². The van der Waals surface area contributed by atoms with Crippen LogP contribution in [0.15, 0.2) is 4.52 Å². The summed E-state index contributed by atoms with van der Waals surface area (Å²) >= 11 is 0. The van der Waals surface area contributed by atoms with Gasteiger partial charge in [-0.3, -0.25) is 9.59 Å². The van der Waals surface area contributed by atoms with E-state index >= 15 is 0 Å². The summed E-state index contributed by atoms with van der Waals surface area (Å²) in [5, 5.41) is 6.96. The Balaban J connectivity index is 1.42. The molecule has 7 heteroatoms. The molecule has 132 valence electrons. The van der Waals surface area contributed by atoms with Crippen LogP contribution >= 0.6 is 0 Å². The summed E-state index contributed by atoms with van der Waals surface area (Å²) in [6.07, 6.45) is 6.40. The highest BCUT2D eigenvalue weighted by Crippen LogP contribution is 2.32. The Labute approximate surface area is 142 Å². The van der Waals surface area contributed by atoms with Gasteiger partial charge in [0.05, 0.1) is 5.92 Å². The first-order chi connectivity index (χ1) is 11.7. The minimum atomic E-state index is -0.109. The minimum Gasteiger partial charge on any atom is -0.355 e. The molecule has 2 aliphatic rings. The van der Waals surface area contributed by atoms with Gasteiger partial charge in [0.1, 0.15) is 0 Å². The predicted octanol–water partition coefficient (Wildman–Crippen LogP) is 1.64. The molecule has 24 heavy (non-hydrogen) atoms. The highest BCUT2D eigenvalue weighted by atomic mass is 16.5. The third-order valence-corrected chi connectivity index (χ3v) is 5.09. The van der Waals surface area contributed by atoms with Crippen LogP contribution < -0.4 is 5.32 Å². The molecule has 0 radical (unpaired) electrons. The van der Waals surface area contributed by atoms with Crippen LogP contribution in [0.1, 0.15) is 63.1 Å². The number of amides is 2. The highest BCUT2D eigenvalue weighted by molar-refractivity contribution is 5.83. The van der Waals surface area contributed by atoms with E-state index in [0.29, 0.717) is 50.6 Å². The largest absolute Gasteiger partial charge is 0.355 e. The number of rotatable bonds is 6. The molecule has 0 unspecified atom stereocenters. The number of carbonyl (C=O) groups is 2. The van der Waals surface area contributed by atoms with Crippen LogP contribution in [0, 0.1) is 5.92 Å². The third-order valence-electron chi connectivity index (χ3n) is 5.09. The van der Waals surface area contributed by atoms with Gasteiger partial charge < -0.3 is 14.7 Å². The van der Waals surface area contributed by atoms with Crippen molar-refractivity contribution >= 4 is 11.8 Å². The maximum absolute atomic E-state index is 12.3. The number of carbonyl (C=O) groups excluding carboxylic acids is 2. The number of hydrogen-bond donors (Lipinski definition) is 1. The Morgan fingerprint density at radius 1 is 1.33 bits per heavy atom. The van der Waals surface area contributed by atoms with Gasteiger partial charge in [0.25, 0.3) is 0 Å². The van der Waals surface area contributed by atoms with Crippen molar-refractivity contribution < 1.29 is 14.1 Å². The van der Waals surface area contributed by atoms with Gasteiger partial charge in [0.2, 0.25) is 17.7 Å². The monoisotopic (exact) mass is 334 g/mol. The Morgan fingerprint density at radius 2 is 2.12 bits per heavy atom. The van der Waals surface area contributed by atoms with Gasteiger partial charge >= 0.3 is 0 Å². The molecule has 1 saturated heterocycles. The Hall–Kier alpha value is -1.92. The Bertz CT molecular complexity index is 580. The second-order valence-corrected chi connectivity index (χ2v) is 6.74. The van der Waals surface area contributed by atoms with E-state index in [4.69, 9.17) is 4.52 Å². The molecule has 1 atom stereocenters. The lowest BCUT2D eigenvalue weighted by atomic mass is 9.96. The van der Waals surface area contributed by atoms with Crippen molar-refractivity contribution in [2.75, 3.05) is 19.6 Å². The van der Waals surface area contributed by atoms with Crippen molar-refractivity contribution in [3.8, 4) is 0 Å². The molecular formula is C17H26N4O3. The molecule has 0 aromatic carbocycles. The van der Waals surface area contributed by atoms with Crippen molar-refractivity contribution in [2.45, 2.75) is 57.8 Å². The van der Waals surface area contributed by atoms with Gasteiger partial charge in [-0.2, -0.15) is 4.98 Å². The number of hydrogen-bond acceptors (Lipinski definition) is 5. The van der Waals surface area contributed by atoms with Gasteiger partial charge in [-0.1, -0.05) is 18.0 Å². The molecule has 0 spiro atoms. The molecule has 2 fully saturated rings. The van der Waals surface area contributed by atoms with Gasteiger partial charge in [-0.05, 0) is 26.2 Å². The summed E-state index contributed by atoms with van der Waals surface area (Å²) in [7, 11) is 0. The molecule has 2 amide bonds. The molecule has 0 bridgehead atoms. The van der Waals surface area contributed by atoms with E-state index in [2.05, 4.69) is 15.5 Å². The quantitative estimate of drug-likeness (QED) is 0.854. The van der Waals surface area contributed by atoms with Crippen molar-refractivity contribution in [1.29, 1.82) is 0 Å². The van der Waals surface area contributed by atoms with Gasteiger partial charge in [0.15, 0.2) is 5.82 Å². The SMILES string of the molecule is CCN1C[C@H](C(=O)NCCc2noc(C3CCCC3)n2)CCC1=O. The summed E-state index contributed by atoms with van der Waals surface area (Å²) in [4.78, 5) is 30.1. The number of likely N-dealkylation sites (tertiary alicyclic amines) is 1. The molecule has 2 heterocycles. The minimum absolute atomic E-state index is 0.0143. The molecule has 7 nitrogen and oxygen atoms in total. The van der Waals surface area contributed by atoms with Gasteiger partial charge in [0, 0.05) is 38.4 Å². The first kappa shape index (κ1) is 16.9. The fourth-order valence-corrected chi connectivity index (χ4v) is 3.58. The second-order valence-electron chi connectivity index (χ2n) is 6.74. The van der Waals surface area contributed by atoms with E-state index in [9.17, 15) is 9.59 Å². The molecular weight excluding hydrogens is 308 g/mol. The first-order valence-corrected chi connectivity index (χ1v) is 9.05. The Kier molecular flexibility index (Phi) is 5.48. The van der Waals surface area contributed by atoms with E-state index in [1.54, 1.807) is 4.90 Å². The summed E-state index contributed by atoms with van der Waals surface area (Å²) in [6, 6.07) is 0. The van der Waals surface area contributed by atoms with Crippen LogP contribution in [0.5, 0.6) is 0 Å². The van der Waals surface area contributed by atoms with Gasteiger partial charge in [-0.15, -0.1) is 0 Å². The summed E-state index contributed by atoms with van der Waals surface area (Å²) in [5.41, 5.74) is 0. The zero-order valence-electron chi connectivity index (χ0n) is 14.3. The molecule has 1 N–H and O–H groups in total. The average Bonchev–Trinajstić information content (AvgIpc) is 3.26. The fourth-order valence-electron chi connectivity index (χ4n) is 3.58. The van der Waals surface area contributed by atoms with Crippen molar-refractivity contribution in [1.82, 2.24) is 20.4 Å². The molecule has 1 saturated carbocycles. The normalized spacial score (nSPS) is 22.1. The van der Waals surface area contributed by atoms with E-state index in [-0.39, 0.29) is 17.7 Å². The van der Waals surface area contributed by atoms with Crippen molar-refractivity contribution in [3.63, 3.8) is 0 Å². The first-order valence-electron chi connectivity index (χ1n) is 9.05. The smallest absolute Gasteiger partial charge is 0.229 e. The Morgan fingerprint density at radius 3 is 2.88 bits per heavy atom. The lowest BCUT2D eigenvalue weighted by molar-refractivity contribution is -0.138. The molecule has 1 aromatic heterocycles.